The number of piperidine rings is 1. The summed E-state index contributed by atoms with van der Waals surface area (Å²) in [6.45, 7) is 6.28. The van der Waals surface area contributed by atoms with Gasteiger partial charge in [-0.05, 0) is 32.6 Å². The third-order valence-electron chi connectivity index (χ3n) is 6.54. The number of esters is 2. The Kier molecular flexibility index (Phi) is 3.26. The lowest BCUT2D eigenvalue weighted by Crippen LogP contribution is -2.86. The van der Waals surface area contributed by atoms with E-state index in [-0.39, 0.29) is 41.7 Å². The van der Waals surface area contributed by atoms with Crippen molar-refractivity contribution in [3.63, 3.8) is 0 Å². The van der Waals surface area contributed by atoms with Crippen molar-refractivity contribution in [3.05, 3.63) is 0 Å². The molecule has 5 atom stereocenters. The first-order valence-corrected chi connectivity index (χ1v) is 8.72. The van der Waals surface area contributed by atoms with Crippen LogP contribution in [0.2, 0.25) is 0 Å². The molecule has 0 aromatic rings. The summed E-state index contributed by atoms with van der Waals surface area (Å²) in [5.74, 6) is 0.161. The predicted octanol–water partition coefficient (Wildman–Crippen LogP) is 0.479. The fourth-order valence-electron chi connectivity index (χ4n) is 5.36. The molecule has 2 heterocycles. The van der Waals surface area contributed by atoms with E-state index in [1.54, 1.807) is 0 Å². The van der Waals surface area contributed by atoms with Gasteiger partial charge in [0.1, 0.15) is 11.7 Å². The molecule has 5 heteroatoms. The van der Waals surface area contributed by atoms with Gasteiger partial charge >= 0.3 is 11.9 Å². The molecule has 122 valence electrons. The van der Waals surface area contributed by atoms with Gasteiger partial charge in [0, 0.05) is 24.7 Å². The normalized spacial score (nSPS) is 40.8. The van der Waals surface area contributed by atoms with Crippen molar-refractivity contribution in [2.45, 2.75) is 51.2 Å². The predicted molar refractivity (Wildman–Crippen MR) is 77.6 cm³/mol. The summed E-state index contributed by atoms with van der Waals surface area (Å²) in [5.41, 5.74) is -0.435. The van der Waals surface area contributed by atoms with Gasteiger partial charge in [-0.25, -0.2) is 0 Å². The lowest BCUT2D eigenvalue weighted by molar-refractivity contribution is -0.665. The van der Waals surface area contributed by atoms with Gasteiger partial charge < -0.3 is 14.8 Å². The highest BCUT2D eigenvalue weighted by molar-refractivity contribution is 5.86. The Morgan fingerprint density at radius 3 is 2.73 bits per heavy atom. The fourth-order valence-corrected chi connectivity index (χ4v) is 5.36. The molecule has 2 N–H and O–H groups in total. The molecule has 0 radical (unpaired) electrons. The summed E-state index contributed by atoms with van der Waals surface area (Å²) in [6.07, 6.45) is 4.06. The Morgan fingerprint density at radius 1 is 1.27 bits per heavy atom. The summed E-state index contributed by atoms with van der Waals surface area (Å²) in [5, 5.41) is 2.32. The van der Waals surface area contributed by atoms with E-state index in [1.807, 2.05) is 13.8 Å². The van der Waals surface area contributed by atoms with Crippen LogP contribution in [0.15, 0.2) is 0 Å². The number of rotatable bonds is 3. The summed E-state index contributed by atoms with van der Waals surface area (Å²) in [6, 6.07) is 0. The number of hydrogen-bond acceptors (Lipinski definition) is 4. The van der Waals surface area contributed by atoms with Crippen LogP contribution in [0.25, 0.3) is 0 Å². The van der Waals surface area contributed by atoms with Crippen LogP contribution in [-0.4, -0.2) is 36.7 Å². The second kappa shape index (κ2) is 4.95. The van der Waals surface area contributed by atoms with Crippen molar-refractivity contribution >= 4 is 11.9 Å². The molecule has 4 fully saturated rings. The van der Waals surface area contributed by atoms with Crippen LogP contribution in [0, 0.1) is 29.6 Å². The molecule has 2 saturated heterocycles. The van der Waals surface area contributed by atoms with Gasteiger partial charge in [-0.15, -0.1) is 0 Å². The SMILES string of the molecule is CC(C)(OC(=O)C1C2CC3OC(=O)C1C3C2)C1CC[NH2+]CC1. The molecule has 22 heavy (non-hydrogen) atoms. The van der Waals surface area contributed by atoms with Gasteiger partial charge in [-0.2, -0.15) is 0 Å². The van der Waals surface area contributed by atoms with Gasteiger partial charge in [-0.1, -0.05) is 0 Å². The van der Waals surface area contributed by atoms with E-state index in [0.717, 1.165) is 38.8 Å². The molecular weight excluding hydrogens is 282 g/mol. The smallest absolute Gasteiger partial charge is 0.310 e. The van der Waals surface area contributed by atoms with Crippen molar-refractivity contribution in [1.29, 1.82) is 0 Å². The van der Waals surface area contributed by atoms with Crippen LogP contribution in [-0.2, 0) is 19.1 Å². The number of ether oxygens (including phenoxy) is 2. The molecule has 4 rings (SSSR count). The monoisotopic (exact) mass is 308 g/mol. The highest BCUT2D eigenvalue weighted by Gasteiger charge is 2.64. The van der Waals surface area contributed by atoms with Gasteiger partial charge in [0.05, 0.1) is 24.9 Å². The summed E-state index contributed by atoms with van der Waals surface area (Å²) in [7, 11) is 0. The molecule has 0 aromatic heterocycles. The zero-order valence-electron chi connectivity index (χ0n) is 13.4. The highest BCUT2D eigenvalue weighted by Crippen LogP contribution is 2.58. The molecule has 2 aliphatic carbocycles. The van der Waals surface area contributed by atoms with E-state index in [2.05, 4.69) is 5.32 Å². The summed E-state index contributed by atoms with van der Waals surface area (Å²) < 4.78 is 11.4. The minimum Gasteiger partial charge on any atom is -0.462 e. The average molecular weight is 308 g/mol. The van der Waals surface area contributed by atoms with E-state index in [0.29, 0.717) is 5.92 Å². The number of carbonyl (C=O) groups is 2. The minimum atomic E-state index is -0.435. The lowest BCUT2D eigenvalue weighted by Gasteiger charge is -2.37. The van der Waals surface area contributed by atoms with Crippen molar-refractivity contribution in [1.82, 2.24) is 0 Å². The first-order chi connectivity index (χ1) is 10.5. The van der Waals surface area contributed by atoms with Gasteiger partial charge in [0.25, 0.3) is 0 Å². The first kappa shape index (κ1) is 14.5. The molecule has 0 spiro atoms. The summed E-state index contributed by atoms with van der Waals surface area (Å²) >= 11 is 0. The van der Waals surface area contributed by atoms with Crippen molar-refractivity contribution in [3.8, 4) is 0 Å². The third kappa shape index (κ3) is 2.08. The largest absolute Gasteiger partial charge is 0.462 e. The molecule has 5 unspecified atom stereocenters. The standard InChI is InChI=1S/C17H25NO4/c1-17(2,10-3-5-18-6-4-10)22-16(20)13-9-7-11-12(8-9)21-15(19)14(11)13/h9-14,18H,3-8H2,1-2H3/p+1. The molecule has 0 amide bonds. The Hall–Kier alpha value is -1.10. The number of carbonyl (C=O) groups excluding carboxylic acids is 2. The second-order valence-corrected chi connectivity index (χ2v) is 8.09. The number of fused-ring (bicyclic) bond motifs is 1. The first-order valence-electron chi connectivity index (χ1n) is 8.72. The summed E-state index contributed by atoms with van der Waals surface area (Å²) in [4.78, 5) is 24.8. The van der Waals surface area contributed by atoms with Crippen molar-refractivity contribution in [2.75, 3.05) is 13.1 Å². The Morgan fingerprint density at radius 2 is 2.00 bits per heavy atom. The van der Waals surface area contributed by atoms with E-state index in [9.17, 15) is 9.59 Å². The number of quaternary nitrogens is 1. The molecule has 5 nitrogen and oxygen atoms in total. The van der Waals surface area contributed by atoms with Gasteiger partial charge in [-0.3, -0.25) is 9.59 Å². The van der Waals surface area contributed by atoms with Crippen LogP contribution >= 0.6 is 0 Å². The zero-order chi connectivity index (χ0) is 15.5. The van der Waals surface area contributed by atoms with Gasteiger partial charge in [0.15, 0.2) is 0 Å². The molecule has 4 aliphatic rings. The Balaban J connectivity index is 1.47. The van der Waals surface area contributed by atoms with Crippen LogP contribution in [0.1, 0.15) is 39.5 Å². The molecule has 0 aromatic carbocycles. The van der Waals surface area contributed by atoms with E-state index < -0.39 is 5.60 Å². The third-order valence-corrected chi connectivity index (χ3v) is 6.54. The maximum absolute atomic E-state index is 12.8. The molecular formula is C17H26NO4+. The van der Waals surface area contributed by atoms with E-state index in [1.165, 1.54) is 0 Å². The minimum absolute atomic E-state index is 0.0773. The fraction of sp³-hybridized carbons (Fsp3) is 0.882. The number of hydrogen-bond donors (Lipinski definition) is 1. The topological polar surface area (TPSA) is 69.2 Å². The van der Waals surface area contributed by atoms with E-state index in [4.69, 9.17) is 9.47 Å². The van der Waals surface area contributed by atoms with Gasteiger partial charge in [0.2, 0.25) is 0 Å². The zero-order valence-corrected chi connectivity index (χ0v) is 13.4. The highest BCUT2D eigenvalue weighted by atomic mass is 16.6. The lowest BCUT2D eigenvalue weighted by atomic mass is 9.79. The Labute approximate surface area is 131 Å². The maximum Gasteiger partial charge on any atom is 0.310 e. The van der Waals surface area contributed by atoms with Crippen LogP contribution in [0.4, 0.5) is 0 Å². The maximum atomic E-state index is 12.8. The van der Waals surface area contributed by atoms with Crippen LogP contribution in [0.5, 0.6) is 0 Å². The van der Waals surface area contributed by atoms with Crippen LogP contribution in [0.3, 0.4) is 0 Å². The Bertz CT molecular complexity index is 495. The number of nitrogens with two attached hydrogens (primary N) is 1. The van der Waals surface area contributed by atoms with Crippen LogP contribution < -0.4 is 5.32 Å². The van der Waals surface area contributed by atoms with Crippen molar-refractivity contribution in [2.24, 2.45) is 29.6 Å². The van der Waals surface area contributed by atoms with Crippen molar-refractivity contribution < 1.29 is 24.4 Å². The molecule has 2 aliphatic heterocycles. The average Bonchev–Trinajstić information content (AvgIpc) is 3.09. The van der Waals surface area contributed by atoms with E-state index >= 15 is 0 Å². The molecule has 2 saturated carbocycles. The second-order valence-electron chi connectivity index (χ2n) is 8.09. The molecule has 2 bridgehead atoms. The quantitative estimate of drug-likeness (QED) is 0.770.